The first-order valence-corrected chi connectivity index (χ1v) is 6.91. The fourth-order valence-corrected chi connectivity index (χ4v) is 2.76. The first kappa shape index (κ1) is 12.5. The lowest BCUT2D eigenvalue weighted by atomic mass is 10.2. The highest BCUT2D eigenvalue weighted by atomic mass is 35.5. The molecule has 0 N–H and O–H groups in total. The normalized spacial score (nSPS) is 18.6. The number of halogens is 1. The van der Waals surface area contributed by atoms with Gasteiger partial charge in [-0.2, -0.15) is 0 Å². The zero-order valence-corrected chi connectivity index (χ0v) is 11.3. The zero-order valence-electron chi connectivity index (χ0n) is 9.71. The lowest BCUT2D eigenvalue weighted by Gasteiger charge is -1.99. The molecule has 98 valence electrons. The Kier molecular flexibility index (Phi) is 3.44. The van der Waals surface area contributed by atoms with Gasteiger partial charge in [0.2, 0.25) is 5.89 Å². The van der Waals surface area contributed by atoms with Crippen molar-refractivity contribution in [3.63, 3.8) is 0 Å². The molecule has 7 heteroatoms. The molecule has 1 aliphatic heterocycles. The van der Waals surface area contributed by atoms with Gasteiger partial charge >= 0.3 is 5.97 Å². The summed E-state index contributed by atoms with van der Waals surface area (Å²) in [5.41, 5.74) is 0.678. The Morgan fingerprint density at radius 1 is 1.32 bits per heavy atom. The van der Waals surface area contributed by atoms with E-state index < -0.39 is 0 Å². The van der Waals surface area contributed by atoms with Crippen molar-refractivity contribution in [1.29, 1.82) is 0 Å². The lowest BCUT2D eigenvalue weighted by molar-refractivity contribution is -0.137. The van der Waals surface area contributed by atoms with Crippen LogP contribution in [-0.4, -0.2) is 28.0 Å². The van der Waals surface area contributed by atoms with E-state index in [9.17, 15) is 4.79 Å². The van der Waals surface area contributed by atoms with Crippen LogP contribution in [0.1, 0.15) is 6.42 Å². The van der Waals surface area contributed by atoms with Crippen LogP contribution in [0.15, 0.2) is 33.9 Å². The molecule has 1 fully saturated rings. The molecule has 1 aromatic carbocycles. The number of benzene rings is 1. The molecule has 1 saturated heterocycles. The molecule has 0 saturated carbocycles. The second-order valence-corrected chi connectivity index (χ2v) is 5.48. The Hall–Kier alpha value is -1.53. The average molecular weight is 297 g/mol. The summed E-state index contributed by atoms with van der Waals surface area (Å²) in [5, 5.41) is 8.48. The second kappa shape index (κ2) is 5.22. The number of carbonyl (C=O) groups is 1. The molecule has 3 rings (SSSR count). The summed E-state index contributed by atoms with van der Waals surface area (Å²) in [5.74, 6) is 0.113. The number of hydrogen-bond donors (Lipinski definition) is 0. The van der Waals surface area contributed by atoms with E-state index in [0.29, 0.717) is 34.7 Å². The van der Waals surface area contributed by atoms with E-state index in [2.05, 4.69) is 10.2 Å². The Labute approximate surface area is 118 Å². The smallest absolute Gasteiger partial charge is 0.319 e. The quantitative estimate of drug-likeness (QED) is 0.812. The van der Waals surface area contributed by atoms with Gasteiger partial charge in [-0.3, -0.25) is 4.79 Å². The maximum atomic E-state index is 11.4. The van der Waals surface area contributed by atoms with Gasteiger partial charge in [0.05, 0.1) is 17.2 Å². The van der Waals surface area contributed by atoms with E-state index in [1.165, 1.54) is 11.8 Å². The number of esters is 1. The van der Waals surface area contributed by atoms with Crippen LogP contribution in [-0.2, 0) is 9.53 Å². The van der Waals surface area contributed by atoms with Crippen molar-refractivity contribution >= 4 is 29.3 Å². The molecule has 1 atom stereocenters. The maximum absolute atomic E-state index is 11.4. The number of nitrogens with zero attached hydrogens (tertiary/aromatic N) is 2. The number of cyclic esters (lactones) is 1. The third-order valence-electron chi connectivity index (χ3n) is 2.64. The van der Waals surface area contributed by atoms with Crippen molar-refractivity contribution in [2.45, 2.75) is 16.9 Å². The van der Waals surface area contributed by atoms with Gasteiger partial charge in [-0.25, -0.2) is 0 Å². The van der Waals surface area contributed by atoms with E-state index in [-0.39, 0.29) is 11.2 Å². The van der Waals surface area contributed by atoms with Crippen molar-refractivity contribution in [1.82, 2.24) is 10.2 Å². The van der Waals surface area contributed by atoms with E-state index in [1.807, 2.05) is 12.1 Å². The van der Waals surface area contributed by atoms with Crippen LogP contribution >= 0.6 is 23.4 Å². The minimum absolute atomic E-state index is 0.234. The molecule has 1 aliphatic rings. The summed E-state index contributed by atoms with van der Waals surface area (Å²) in [6.07, 6.45) is 0.660. The standard InChI is InChI=1S/C12H9ClN2O3S/c13-8-4-2-1-3-7(8)10-14-15-12(18-10)19-9-5-6-17-11(9)16/h1-4,9H,5-6H2/t9-/m1/s1. The first-order chi connectivity index (χ1) is 9.24. The van der Waals surface area contributed by atoms with Crippen molar-refractivity contribution < 1.29 is 13.9 Å². The van der Waals surface area contributed by atoms with E-state index in [4.69, 9.17) is 20.8 Å². The van der Waals surface area contributed by atoms with E-state index in [0.717, 1.165) is 0 Å². The molecule has 5 nitrogen and oxygen atoms in total. The summed E-state index contributed by atoms with van der Waals surface area (Å²) in [6.45, 7) is 0.446. The van der Waals surface area contributed by atoms with Crippen LogP contribution in [0.2, 0.25) is 5.02 Å². The zero-order chi connectivity index (χ0) is 13.2. The molecule has 1 aromatic heterocycles. The summed E-state index contributed by atoms with van der Waals surface area (Å²) in [7, 11) is 0. The maximum Gasteiger partial charge on any atom is 0.319 e. The van der Waals surface area contributed by atoms with Gasteiger partial charge in [-0.05, 0) is 23.9 Å². The van der Waals surface area contributed by atoms with Gasteiger partial charge in [0, 0.05) is 6.42 Å². The van der Waals surface area contributed by atoms with E-state index in [1.54, 1.807) is 12.1 Å². The highest BCUT2D eigenvalue weighted by Gasteiger charge is 2.29. The van der Waals surface area contributed by atoms with Crippen molar-refractivity contribution in [2.24, 2.45) is 0 Å². The third kappa shape index (κ3) is 2.59. The van der Waals surface area contributed by atoms with Crippen molar-refractivity contribution in [3.8, 4) is 11.5 Å². The molecule has 0 amide bonds. The molecule has 2 aromatic rings. The van der Waals surface area contributed by atoms with Crippen LogP contribution in [0.4, 0.5) is 0 Å². The Morgan fingerprint density at radius 2 is 2.16 bits per heavy atom. The fraction of sp³-hybridized carbons (Fsp3) is 0.250. The number of hydrogen-bond acceptors (Lipinski definition) is 6. The largest absolute Gasteiger partial charge is 0.465 e. The summed E-state index contributed by atoms with van der Waals surface area (Å²) in [6, 6.07) is 7.22. The van der Waals surface area contributed by atoms with Crippen LogP contribution in [0.5, 0.6) is 0 Å². The lowest BCUT2D eigenvalue weighted by Crippen LogP contribution is -2.09. The average Bonchev–Trinajstić information content (AvgIpc) is 3.01. The predicted molar refractivity (Wildman–Crippen MR) is 70.0 cm³/mol. The molecular formula is C12H9ClN2O3S. The number of carbonyl (C=O) groups excluding carboxylic acids is 1. The topological polar surface area (TPSA) is 65.2 Å². The number of thioether (sulfide) groups is 1. The minimum atomic E-state index is -0.264. The first-order valence-electron chi connectivity index (χ1n) is 5.66. The minimum Gasteiger partial charge on any atom is -0.465 e. The van der Waals surface area contributed by atoms with Crippen molar-refractivity contribution in [2.75, 3.05) is 6.61 Å². The van der Waals surface area contributed by atoms with Crippen LogP contribution in [0.25, 0.3) is 11.5 Å². The van der Waals surface area contributed by atoms with E-state index >= 15 is 0 Å². The molecule has 0 spiro atoms. The van der Waals surface area contributed by atoms with Gasteiger partial charge in [-0.1, -0.05) is 23.7 Å². The Balaban J connectivity index is 1.80. The van der Waals surface area contributed by atoms with Gasteiger partial charge in [-0.15, -0.1) is 10.2 Å². The molecule has 19 heavy (non-hydrogen) atoms. The SMILES string of the molecule is O=C1OCC[C@H]1Sc1nnc(-c2ccccc2Cl)o1. The third-order valence-corrected chi connectivity index (χ3v) is 4.05. The summed E-state index contributed by atoms with van der Waals surface area (Å²) in [4.78, 5) is 11.4. The van der Waals surface area contributed by atoms with Gasteiger partial charge in [0.25, 0.3) is 5.22 Å². The summed E-state index contributed by atoms with van der Waals surface area (Å²) < 4.78 is 10.4. The van der Waals surface area contributed by atoms with Gasteiger partial charge in [0.1, 0.15) is 5.25 Å². The van der Waals surface area contributed by atoms with Crippen LogP contribution in [0.3, 0.4) is 0 Å². The second-order valence-electron chi connectivity index (χ2n) is 3.92. The molecule has 0 bridgehead atoms. The number of rotatable bonds is 3. The van der Waals surface area contributed by atoms with Gasteiger partial charge < -0.3 is 9.15 Å². The predicted octanol–water partition coefficient (Wildman–Crippen LogP) is 2.80. The molecular weight excluding hydrogens is 288 g/mol. The van der Waals surface area contributed by atoms with Crippen LogP contribution in [0, 0.1) is 0 Å². The fourth-order valence-electron chi connectivity index (χ4n) is 1.71. The Morgan fingerprint density at radius 3 is 2.89 bits per heavy atom. The number of aromatic nitrogens is 2. The highest BCUT2D eigenvalue weighted by molar-refractivity contribution is 8.00. The molecule has 0 radical (unpaired) electrons. The molecule has 2 heterocycles. The number of ether oxygens (including phenoxy) is 1. The molecule has 0 unspecified atom stereocenters. The Bertz CT molecular complexity index is 617. The molecule has 0 aliphatic carbocycles. The summed E-state index contributed by atoms with van der Waals surface area (Å²) >= 11 is 7.28. The monoisotopic (exact) mass is 296 g/mol. The van der Waals surface area contributed by atoms with Gasteiger partial charge in [0.15, 0.2) is 0 Å². The highest BCUT2D eigenvalue weighted by Crippen LogP contribution is 2.32. The van der Waals surface area contributed by atoms with Crippen molar-refractivity contribution in [3.05, 3.63) is 29.3 Å². The van der Waals surface area contributed by atoms with Crippen LogP contribution < -0.4 is 0 Å².